The molecule has 28 heavy (non-hydrogen) atoms. The standard InChI is InChI=1S/C19H20F3NO4S/c1-18(2,3)27-17(24)23-16(28(25,26)15-7-5-4-6-8-15)13-9-11-14(12-10-13)19(20,21)22/h4-12,16H,1-3H3,(H,23,24). The normalized spacial score (nSPS) is 13.6. The van der Waals surface area contributed by atoms with Crippen molar-refractivity contribution >= 4 is 15.9 Å². The largest absolute Gasteiger partial charge is 0.444 e. The lowest BCUT2D eigenvalue weighted by molar-refractivity contribution is -0.137. The second-order valence-electron chi connectivity index (χ2n) is 7.00. The SMILES string of the molecule is CC(C)(C)OC(=O)NC(c1ccc(C(F)(F)F)cc1)S(=O)(=O)c1ccccc1. The molecule has 0 aliphatic heterocycles. The molecule has 0 heterocycles. The lowest BCUT2D eigenvalue weighted by atomic mass is 10.1. The average molecular weight is 415 g/mol. The Labute approximate surface area is 161 Å². The third-order valence-electron chi connectivity index (χ3n) is 3.57. The van der Waals surface area contributed by atoms with Crippen LogP contribution in [-0.4, -0.2) is 20.1 Å². The number of carbonyl (C=O) groups is 1. The predicted molar refractivity (Wildman–Crippen MR) is 97.2 cm³/mol. The first-order valence-corrected chi connectivity index (χ1v) is 9.81. The first kappa shape index (κ1) is 21.7. The molecule has 0 saturated heterocycles. The van der Waals surface area contributed by atoms with Crippen LogP contribution in [0.5, 0.6) is 0 Å². The summed E-state index contributed by atoms with van der Waals surface area (Å²) in [5, 5.41) is 0.638. The van der Waals surface area contributed by atoms with Gasteiger partial charge in [0.25, 0.3) is 0 Å². The Morgan fingerprint density at radius 3 is 1.96 bits per heavy atom. The minimum atomic E-state index is -4.56. The number of nitrogens with one attached hydrogen (secondary N) is 1. The van der Waals surface area contributed by atoms with E-state index in [9.17, 15) is 26.4 Å². The van der Waals surface area contributed by atoms with Gasteiger partial charge in [-0.3, -0.25) is 0 Å². The lowest BCUT2D eigenvalue weighted by Crippen LogP contribution is -2.38. The van der Waals surface area contributed by atoms with Gasteiger partial charge in [-0.15, -0.1) is 0 Å². The van der Waals surface area contributed by atoms with Gasteiger partial charge in [-0.2, -0.15) is 13.2 Å². The fourth-order valence-electron chi connectivity index (χ4n) is 2.35. The van der Waals surface area contributed by atoms with Crippen LogP contribution in [0.3, 0.4) is 0 Å². The van der Waals surface area contributed by atoms with E-state index in [-0.39, 0.29) is 10.5 Å². The van der Waals surface area contributed by atoms with Crippen LogP contribution in [0.15, 0.2) is 59.5 Å². The number of halogens is 3. The second-order valence-corrected chi connectivity index (χ2v) is 9.04. The molecule has 0 aliphatic rings. The zero-order valence-electron chi connectivity index (χ0n) is 15.4. The van der Waals surface area contributed by atoms with Crippen molar-refractivity contribution in [3.63, 3.8) is 0 Å². The first-order chi connectivity index (χ1) is 12.8. The fraction of sp³-hybridized carbons (Fsp3) is 0.316. The van der Waals surface area contributed by atoms with Gasteiger partial charge in [0.05, 0.1) is 10.5 Å². The average Bonchev–Trinajstić information content (AvgIpc) is 2.58. The van der Waals surface area contributed by atoms with Gasteiger partial charge in [-0.25, -0.2) is 13.2 Å². The van der Waals surface area contributed by atoms with Crippen molar-refractivity contribution in [3.05, 3.63) is 65.7 Å². The summed E-state index contributed by atoms with van der Waals surface area (Å²) >= 11 is 0. The van der Waals surface area contributed by atoms with Crippen molar-refractivity contribution in [3.8, 4) is 0 Å². The highest BCUT2D eigenvalue weighted by Crippen LogP contribution is 2.32. The molecule has 0 fully saturated rings. The molecule has 2 aromatic carbocycles. The molecule has 9 heteroatoms. The molecule has 1 unspecified atom stereocenters. The third kappa shape index (κ3) is 5.48. The van der Waals surface area contributed by atoms with E-state index in [0.717, 1.165) is 24.3 Å². The van der Waals surface area contributed by atoms with Crippen molar-refractivity contribution in [2.45, 2.75) is 42.8 Å². The number of hydrogen-bond donors (Lipinski definition) is 1. The molecule has 5 nitrogen and oxygen atoms in total. The van der Waals surface area contributed by atoms with Crippen LogP contribution in [0.1, 0.15) is 37.3 Å². The highest BCUT2D eigenvalue weighted by molar-refractivity contribution is 7.91. The molecular weight excluding hydrogens is 395 g/mol. The Balaban J connectivity index is 2.46. The number of amides is 1. The number of rotatable bonds is 4. The summed E-state index contributed by atoms with van der Waals surface area (Å²) in [7, 11) is -4.15. The Morgan fingerprint density at radius 1 is 0.964 bits per heavy atom. The van der Waals surface area contributed by atoms with Crippen molar-refractivity contribution in [1.82, 2.24) is 5.32 Å². The topological polar surface area (TPSA) is 72.5 Å². The van der Waals surface area contributed by atoms with E-state index in [4.69, 9.17) is 4.74 Å². The minimum Gasteiger partial charge on any atom is -0.444 e. The summed E-state index contributed by atoms with van der Waals surface area (Å²) in [6, 6.07) is 10.9. The van der Waals surface area contributed by atoms with Gasteiger partial charge in [0, 0.05) is 0 Å². The summed E-state index contributed by atoms with van der Waals surface area (Å²) in [5.74, 6) is 0. The molecule has 0 radical (unpaired) electrons. The zero-order chi connectivity index (χ0) is 21.2. The third-order valence-corrected chi connectivity index (χ3v) is 5.51. The van der Waals surface area contributed by atoms with Gasteiger partial charge in [0.15, 0.2) is 5.37 Å². The van der Waals surface area contributed by atoms with E-state index in [1.807, 2.05) is 0 Å². The highest BCUT2D eigenvalue weighted by Gasteiger charge is 2.34. The minimum absolute atomic E-state index is 0.0253. The summed E-state index contributed by atoms with van der Waals surface area (Å²) in [4.78, 5) is 12.1. The highest BCUT2D eigenvalue weighted by atomic mass is 32.2. The fourth-order valence-corrected chi connectivity index (χ4v) is 3.92. The molecule has 0 saturated carbocycles. The van der Waals surface area contributed by atoms with Crippen molar-refractivity contribution in [2.24, 2.45) is 0 Å². The van der Waals surface area contributed by atoms with E-state index >= 15 is 0 Å². The van der Waals surface area contributed by atoms with E-state index in [1.54, 1.807) is 26.8 Å². The predicted octanol–water partition coefficient (Wildman–Crippen LogP) is 4.70. The molecule has 0 bridgehead atoms. The van der Waals surface area contributed by atoms with Gasteiger partial charge in [-0.05, 0) is 50.6 Å². The maximum Gasteiger partial charge on any atom is 0.416 e. The van der Waals surface area contributed by atoms with Gasteiger partial charge in [0.1, 0.15) is 5.60 Å². The maximum atomic E-state index is 13.0. The second kappa shape index (κ2) is 7.83. The van der Waals surface area contributed by atoms with E-state index < -0.39 is 38.6 Å². The van der Waals surface area contributed by atoms with Gasteiger partial charge in [-0.1, -0.05) is 30.3 Å². The zero-order valence-corrected chi connectivity index (χ0v) is 16.3. The first-order valence-electron chi connectivity index (χ1n) is 8.26. The van der Waals surface area contributed by atoms with Crippen LogP contribution < -0.4 is 5.32 Å². The van der Waals surface area contributed by atoms with Crippen LogP contribution in [-0.2, 0) is 20.8 Å². The van der Waals surface area contributed by atoms with E-state index in [2.05, 4.69) is 5.32 Å². The van der Waals surface area contributed by atoms with Gasteiger partial charge in [0.2, 0.25) is 9.84 Å². The molecule has 1 amide bonds. The van der Waals surface area contributed by atoms with Crippen molar-refractivity contribution in [2.75, 3.05) is 0 Å². The lowest BCUT2D eigenvalue weighted by Gasteiger charge is -2.24. The summed E-state index contributed by atoms with van der Waals surface area (Å²) in [5.41, 5.74) is -1.84. The van der Waals surface area contributed by atoms with Gasteiger partial charge < -0.3 is 10.1 Å². The molecule has 0 aromatic heterocycles. The molecule has 2 aromatic rings. The number of benzene rings is 2. The van der Waals surface area contributed by atoms with Crippen LogP contribution in [0.25, 0.3) is 0 Å². The van der Waals surface area contributed by atoms with E-state index in [1.165, 1.54) is 24.3 Å². The van der Waals surface area contributed by atoms with Crippen LogP contribution in [0.4, 0.5) is 18.0 Å². The Bertz CT molecular complexity index is 918. The Kier molecular flexibility index (Phi) is 6.08. The molecule has 0 spiro atoms. The number of hydrogen-bond acceptors (Lipinski definition) is 4. The van der Waals surface area contributed by atoms with Crippen molar-refractivity contribution < 1.29 is 31.1 Å². The van der Waals surface area contributed by atoms with Gasteiger partial charge >= 0.3 is 12.3 Å². The quantitative estimate of drug-likeness (QED) is 0.786. The number of sulfone groups is 1. The smallest absolute Gasteiger partial charge is 0.416 e. The molecule has 152 valence electrons. The Hall–Kier alpha value is -2.55. The number of ether oxygens (including phenoxy) is 1. The summed E-state index contributed by atoms with van der Waals surface area (Å²) < 4.78 is 69.6. The molecule has 0 aliphatic carbocycles. The van der Waals surface area contributed by atoms with Crippen LogP contribution >= 0.6 is 0 Å². The van der Waals surface area contributed by atoms with Crippen LogP contribution in [0, 0.1) is 0 Å². The molecule has 2 rings (SSSR count). The Morgan fingerprint density at radius 2 is 1.50 bits per heavy atom. The van der Waals surface area contributed by atoms with Crippen LogP contribution in [0.2, 0.25) is 0 Å². The summed E-state index contributed by atoms with van der Waals surface area (Å²) in [6.07, 6.45) is -5.57. The number of alkyl halides is 3. The molecular formula is C19H20F3NO4S. The monoisotopic (exact) mass is 415 g/mol. The number of alkyl carbamates (subject to hydrolysis) is 1. The van der Waals surface area contributed by atoms with Crippen molar-refractivity contribution in [1.29, 1.82) is 0 Å². The molecule has 1 atom stereocenters. The number of carbonyl (C=O) groups excluding carboxylic acids is 1. The molecule has 1 N–H and O–H groups in total. The van der Waals surface area contributed by atoms with E-state index in [0.29, 0.717) is 0 Å². The maximum absolute atomic E-state index is 13.0. The summed E-state index contributed by atoms with van der Waals surface area (Å²) in [6.45, 7) is 4.81.